The van der Waals surface area contributed by atoms with Crippen molar-refractivity contribution in [1.29, 1.82) is 0 Å². The summed E-state index contributed by atoms with van der Waals surface area (Å²) < 4.78 is 7.01. The van der Waals surface area contributed by atoms with Gasteiger partial charge in [-0.25, -0.2) is 4.79 Å². The number of hydrogen-bond donors (Lipinski definition) is 1. The van der Waals surface area contributed by atoms with Crippen LogP contribution < -0.4 is 0 Å². The molecule has 1 aromatic heterocycles. The van der Waals surface area contributed by atoms with Gasteiger partial charge in [0.2, 0.25) is 0 Å². The Hall–Kier alpha value is -1.81. The van der Waals surface area contributed by atoms with Gasteiger partial charge in [-0.2, -0.15) is 0 Å². The molecule has 0 amide bonds. The molecule has 0 atom stereocenters. The van der Waals surface area contributed by atoms with E-state index in [4.69, 9.17) is 4.74 Å². The van der Waals surface area contributed by atoms with Gasteiger partial charge in [-0.1, -0.05) is 0 Å². The normalized spacial score (nSPS) is 22.9. The molecule has 1 heterocycles. The molecule has 1 aliphatic carbocycles. The largest absolute Gasteiger partial charge is 0.465 e. The summed E-state index contributed by atoms with van der Waals surface area (Å²) >= 11 is 0. The van der Waals surface area contributed by atoms with Gasteiger partial charge in [-0.05, 0) is 49.9 Å². The highest BCUT2D eigenvalue weighted by atomic mass is 16.5. The number of aromatic nitrogens is 1. The van der Waals surface area contributed by atoms with Crippen LogP contribution in [-0.2, 0) is 4.74 Å². The highest BCUT2D eigenvalue weighted by Gasteiger charge is 2.21. The van der Waals surface area contributed by atoms with Gasteiger partial charge in [0, 0.05) is 23.1 Å². The standard InChI is InChI=1S/C16H19NO3/c1-20-16(19)12-2-7-15-11(10-12)8-9-17(15)13-3-5-14(18)6-4-13/h2,7-10,13-14,18H,3-6H2,1H3. The molecule has 4 nitrogen and oxygen atoms in total. The molecule has 2 aromatic rings. The van der Waals surface area contributed by atoms with Gasteiger partial charge in [0.1, 0.15) is 0 Å². The fraction of sp³-hybridized carbons (Fsp3) is 0.438. The first kappa shape index (κ1) is 13.2. The van der Waals surface area contributed by atoms with Crippen molar-refractivity contribution in [3.63, 3.8) is 0 Å². The van der Waals surface area contributed by atoms with Crippen molar-refractivity contribution >= 4 is 16.9 Å². The molecule has 0 unspecified atom stereocenters. The van der Waals surface area contributed by atoms with Gasteiger partial charge >= 0.3 is 5.97 Å². The van der Waals surface area contributed by atoms with Crippen LogP contribution in [0.1, 0.15) is 42.1 Å². The van der Waals surface area contributed by atoms with Crippen LogP contribution in [0, 0.1) is 0 Å². The number of rotatable bonds is 2. The van der Waals surface area contributed by atoms with Gasteiger partial charge in [-0.15, -0.1) is 0 Å². The Labute approximate surface area is 118 Å². The summed E-state index contributed by atoms with van der Waals surface area (Å²) in [6, 6.07) is 8.14. The minimum absolute atomic E-state index is 0.140. The quantitative estimate of drug-likeness (QED) is 0.856. The lowest BCUT2D eigenvalue weighted by molar-refractivity contribution is 0.0601. The lowest BCUT2D eigenvalue weighted by Crippen LogP contribution is -2.20. The van der Waals surface area contributed by atoms with Gasteiger partial charge < -0.3 is 14.4 Å². The number of benzene rings is 1. The zero-order valence-electron chi connectivity index (χ0n) is 11.6. The van der Waals surface area contributed by atoms with E-state index in [2.05, 4.69) is 10.8 Å². The number of esters is 1. The minimum Gasteiger partial charge on any atom is -0.465 e. The fourth-order valence-electron chi connectivity index (χ4n) is 3.06. The van der Waals surface area contributed by atoms with Crippen molar-refractivity contribution in [1.82, 2.24) is 4.57 Å². The first-order valence-electron chi connectivity index (χ1n) is 7.06. The molecule has 20 heavy (non-hydrogen) atoms. The van der Waals surface area contributed by atoms with Crippen molar-refractivity contribution in [2.75, 3.05) is 7.11 Å². The molecule has 0 bridgehead atoms. The second-order valence-corrected chi connectivity index (χ2v) is 5.45. The Morgan fingerprint density at radius 2 is 2.00 bits per heavy atom. The first-order valence-corrected chi connectivity index (χ1v) is 7.06. The van der Waals surface area contributed by atoms with E-state index in [0.717, 1.165) is 36.6 Å². The molecule has 1 saturated carbocycles. The number of hydrogen-bond acceptors (Lipinski definition) is 3. The van der Waals surface area contributed by atoms with Crippen molar-refractivity contribution in [3.8, 4) is 0 Å². The zero-order valence-corrected chi connectivity index (χ0v) is 11.6. The van der Waals surface area contributed by atoms with E-state index in [1.807, 2.05) is 24.3 Å². The van der Waals surface area contributed by atoms with E-state index >= 15 is 0 Å². The van der Waals surface area contributed by atoms with Gasteiger partial charge in [0.15, 0.2) is 0 Å². The third-order valence-corrected chi connectivity index (χ3v) is 4.20. The molecule has 1 fully saturated rings. The predicted octanol–water partition coefficient (Wildman–Crippen LogP) is 2.90. The molecule has 0 saturated heterocycles. The summed E-state index contributed by atoms with van der Waals surface area (Å²) in [7, 11) is 1.39. The molecule has 0 aliphatic heterocycles. The van der Waals surface area contributed by atoms with Crippen LogP contribution in [0.15, 0.2) is 30.5 Å². The molecular formula is C16H19NO3. The molecule has 1 aliphatic rings. The van der Waals surface area contributed by atoms with E-state index in [1.54, 1.807) is 0 Å². The van der Waals surface area contributed by atoms with E-state index in [9.17, 15) is 9.90 Å². The summed E-state index contributed by atoms with van der Waals surface area (Å²) in [6.07, 6.45) is 5.68. The van der Waals surface area contributed by atoms with Crippen LogP contribution in [0.2, 0.25) is 0 Å². The average molecular weight is 273 g/mol. The van der Waals surface area contributed by atoms with Crippen LogP contribution in [0.25, 0.3) is 10.9 Å². The highest BCUT2D eigenvalue weighted by molar-refractivity contribution is 5.94. The first-order chi connectivity index (χ1) is 9.69. The van der Waals surface area contributed by atoms with Crippen LogP contribution in [0.5, 0.6) is 0 Å². The number of aliphatic hydroxyl groups excluding tert-OH is 1. The Morgan fingerprint density at radius 3 is 2.70 bits per heavy atom. The van der Waals surface area contributed by atoms with Crippen molar-refractivity contribution < 1.29 is 14.6 Å². The molecule has 0 spiro atoms. The number of carbonyl (C=O) groups excluding carboxylic acids is 1. The molecule has 1 aromatic carbocycles. The Morgan fingerprint density at radius 1 is 1.25 bits per heavy atom. The van der Waals surface area contributed by atoms with Crippen LogP contribution in [-0.4, -0.2) is 28.9 Å². The van der Waals surface area contributed by atoms with E-state index in [1.165, 1.54) is 7.11 Å². The summed E-state index contributed by atoms with van der Waals surface area (Å²) in [5.74, 6) is -0.305. The van der Waals surface area contributed by atoms with Crippen molar-refractivity contribution in [2.24, 2.45) is 0 Å². The van der Waals surface area contributed by atoms with Crippen molar-refractivity contribution in [2.45, 2.75) is 37.8 Å². The third kappa shape index (κ3) is 2.31. The maximum atomic E-state index is 11.5. The SMILES string of the molecule is COC(=O)c1ccc2c(ccn2C2CCC(O)CC2)c1. The highest BCUT2D eigenvalue weighted by Crippen LogP contribution is 2.32. The number of methoxy groups -OCH3 is 1. The number of aliphatic hydroxyl groups is 1. The number of carbonyl (C=O) groups is 1. The number of nitrogens with zero attached hydrogens (tertiary/aromatic N) is 1. The lowest BCUT2D eigenvalue weighted by Gasteiger charge is -2.27. The molecule has 4 heteroatoms. The van der Waals surface area contributed by atoms with Crippen LogP contribution in [0.4, 0.5) is 0 Å². The monoisotopic (exact) mass is 273 g/mol. The van der Waals surface area contributed by atoms with E-state index in [-0.39, 0.29) is 12.1 Å². The maximum absolute atomic E-state index is 11.5. The van der Waals surface area contributed by atoms with Gasteiger partial charge in [0.05, 0.1) is 18.8 Å². The topological polar surface area (TPSA) is 51.5 Å². The van der Waals surface area contributed by atoms with Crippen molar-refractivity contribution in [3.05, 3.63) is 36.0 Å². The Balaban J connectivity index is 1.92. The molecule has 0 radical (unpaired) electrons. The average Bonchev–Trinajstić information content (AvgIpc) is 2.90. The fourth-order valence-corrected chi connectivity index (χ4v) is 3.06. The Bertz CT molecular complexity index is 624. The summed E-state index contributed by atoms with van der Waals surface area (Å²) in [6.45, 7) is 0. The molecule has 3 rings (SSSR count). The van der Waals surface area contributed by atoms with Gasteiger partial charge in [0.25, 0.3) is 0 Å². The van der Waals surface area contributed by atoms with E-state index in [0.29, 0.717) is 11.6 Å². The number of fused-ring (bicyclic) bond motifs is 1. The smallest absolute Gasteiger partial charge is 0.337 e. The molecule has 106 valence electrons. The second-order valence-electron chi connectivity index (χ2n) is 5.45. The lowest BCUT2D eigenvalue weighted by atomic mass is 9.93. The molecule has 1 N–H and O–H groups in total. The Kier molecular flexibility index (Phi) is 3.49. The summed E-state index contributed by atoms with van der Waals surface area (Å²) in [5, 5.41) is 10.7. The zero-order chi connectivity index (χ0) is 14.1. The number of ether oxygens (including phenoxy) is 1. The van der Waals surface area contributed by atoms with Gasteiger partial charge in [-0.3, -0.25) is 0 Å². The predicted molar refractivity (Wildman–Crippen MR) is 76.8 cm³/mol. The summed E-state index contributed by atoms with van der Waals surface area (Å²) in [4.78, 5) is 11.5. The van der Waals surface area contributed by atoms with E-state index < -0.39 is 0 Å². The van der Waals surface area contributed by atoms with Crippen LogP contribution in [0.3, 0.4) is 0 Å². The maximum Gasteiger partial charge on any atom is 0.337 e. The second kappa shape index (κ2) is 5.29. The minimum atomic E-state index is -0.305. The summed E-state index contributed by atoms with van der Waals surface area (Å²) in [5.41, 5.74) is 1.72. The van der Waals surface area contributed by atoms with Crippen LogP contribution >= 0.6 is 0 Å². The molecular weight excluding hydrogens is 254 g/mol. The third-order valence-electron chi connectivity index (χ3n) is 4.20.